The fraction of sp³-hybridized carbons (Fsp3) is 0.667. The summed E-state index contributed by atoms with van der Waals surface area (Å²) in [6.07, 6.45) is 1.98. The first-order valence-corrected chi connectivity index (χ1v) is 2.85. The topological polar surface area (TPSA) is 38.0 Å². The monoisotopic (exact) mass is 114 g/mol. The number of hydrogen-bond donors (Lipinski definition) is 2. The smallest absolute Gasteiger partial charge is 0.0242 e. The van der Waals surface area contributed by atoms with Crippen molar-refractivity contribution in [2.24, 2.45) is 11.8 Å². The van der Waals surface area contributed by atoms with E-state index < -0.39 is 0 Å². The van der Waals surface area contributed by atoms with Gasteiger partial charge in [-0.2, -0.15) is 0 Å². The van der Waals surface area contributed by atoms with Crippen LogP contribution in [0.15, 0.2) is 11.8 Å². The van der Waals surface area contributed by atoms with E-state index in [1.54, 1.807) is 0 Å². The first-order chi connectivity index (χ1) is 3.72. The van der Waals surface area contributed by atoms with Crippen molar-refractivity contribution in [2.45, 2.75) is 20.8 Å². The van der Waals surface area contributed by atoms with E-state index in [9.17, 15) is 0 Å². The lowest BCUT2D eigenvalue weighted by atomic mass is 10.1. The lowest BCUT2D eigenvalue weighted by molar-refractivity contribution is 0.670. The lowest BCUT2D eigenvalue weighted by Gasteiger charge is -2.07. The molecule has 0 aliphatic carbocycles. The van der Waals surface area contributed by atoms with Crippen LogP contribution in [0.4, 0.5) is 0 Å². The molecule has 0 heterocycles. The highest BCUT2D eigenvalue weighted by molar-refractivity contribution is 4.98. The molecular formula is C6H14N2. The molecule has 8 heavy (non-hydrogen) atoms. The van der Waals surface area contributed by atoms with Crippen LogP contribution in [-0.2, 0) is 0 Å². The summed E-state index contributed by atoms with van der Waals surface area (Å²) in [7, 11) is 0. The van der Waals surface area contributed by atoms with E-state index in [-0.39, 0.29) is 0 Å². The van der Waals surface area contributed by atoms with Crippen molar-refractivity contribution in [3.63, 3.8) is 0 Å². The molecule has 2 heteroatoms. The number of rotatable bonds is 2. The maximum atomic E-state index is 5.17. The van der Waals surface area contributed by atoms with Gasteiger partial charge < -0.3 is 5.43 Å². The third kappa shape index (κ3) is 1.98. The third-order valence-electron chi connectivity index (χ3n) is 1.10. The summed E-state index contributed by atoms with van der Waals surface area (Å²) in [5, 5.41) is 0. The Morgan fingerprint density at radius 3 is 2.12 bits per heavy atom. The zero-order chi connectivity index (χ0) is 6.57. The summed E-state index contributed by atoms with van der Waals surface area (Å²) in [5.41, 5.74) is 3.70. The molecule has 0 aromatic rings. The van der Waals surface area contributed by atoms with Crippen molar-refractivity contribution < 1.29 is 0 Å². The number of nitrogens with two attached hydrogens (primary N) is 1. The maximum absolute atomic E-state index is 5.17. The van der Waals surface area contributed by atoms with E-state index in [2.05, 4.69) is 19.3 Å². The van der Waals surface area contributed by atoms with E-state index in [1.165, 1.54) is 0 Å². The highest BCUT2D eigenvalue weighted by atomic mass is 15.2. The second-order valence-corrected chi connectivity index (χ2v) is 2.04. The van der Waals surface area contributed by atoms with Gasteiger partial charge in [0.05, 0.1) is 0 Å². The number of allylic oxidation sites excluding steroid dienone is 2. The van der Waals surface area contributed by atoms with Gasteiger partial charge in [-0.05, 0) is 12.8 Å². The van der Waals surface area contributed by atoms with Gasteiger partial charge in [-0.1, -0.05) is 19.9 Å². The van der Waals surface area contributed by atoms with Crippen LogP contribution in [-0.4, -0.2) is 0 Å². The Labute approximate surface area is 50.7 Å². The van der Waals surface area contributed by atoms with Crippen LogP contribution in [0.2, 0.25) is 0 Å². The fourth-order valence-corrected chi connectivity index (χ4v) is 0.583. The molecule has 0 fully saturated rings. The number of hydrazine groups is 1. The quantitative estimate of drug-likeness (QED) is 0.415. The van der Waals surface area contributed by atoms with Crippen LogP contribution in [0.25, 0.3) is 0 Å². The number of hydrogen-bond acceptors (Lipinski definition) is 2. The molecule has 0 aromatic carbocycles. The van der Waals surface area contributed by atoms with Crippen molar-refractivity contribution >= 4 is 0 Å². The average molecular weight is 114 g/mol. The molecule has 0 spiro atoms. The second kappa shape index (κ2) is 3.50. The van der Waals surface area contributed by atoms with Gasteiger partial charge in [0.15, 0.2) is 0 Å². The van der Waals surface area contributed by atoms with Crippen LogP contribution in [0, 0.1) is 5.92 Å². The molecular weight excluding hydrogens is 100 g/mol. The molecule has 0 saturated heterocycles. The minimum atomic E-state index is 0.505. The Hall–Kier alpha value is -0.500. The normalized spacial score (nSPS) is 12.4. The minimum absolute atomic E-state index is 0.505. The van der Waals surface area contributed by atoms with Crippen LogP contribution < -0.4 is 11.3 Å². The maximum Gasteiger partial charge on any atom is 0.0242 e. The Bertz CT molecular complexity index is 84.5. The largest absolute Gasteiger partial charge is 0.328 e. The van der Waals surface area contributed by atoms with E-state index >= 15 is 0 Å². The van der Waals surface area contributed by atoms with Gasteiger partial charge in [-0.25, -0.2) is 0 Å². The molecule has 0 radical (unpaired) electrons. The van der Waals surface area contributed by atoms with Gasteiger partial charge in [-0.3, -0.25) is 5.84 Å². The van der Waals surface area contributed by atoms with Gasteiger partial charge in [0.2, 0.25) is 0 Å². The molecule has 48 valence electrons. The molecule has 0 saturated carbocycles. The van der Waals surface area contributed by atoms with E-state index in [0.29, 0.717) is 5.92 Å². The predicted octanol–water partition coefficient (Wildman–Crippen LogP) is 1.01. The van der Waals surface area contributed by atoms with Gasteiger partial charge >= 0.3 is 0 Å². The zero-order valence-corrected chi connectivity index (χ0v) is 5.73. The van der Waals surface area contributed by atoms with E-state index in [0.717, 1.165) is 5.70 Å². The molecule has 0 aliphatic heterocycles. The van der Waals surface area contributed by atoms with Crippen LogP contribution >= 0.6 is 0 Å². The van der Waals surface area contributed by atoms with Gasteiger partial charge in [0.1, 0.15) is 0 Å². The Kier molecular flexibility index (Phi) is 3.28. The Balaban J connectivity index is 3.72. The van der Waals surface area contributed by atoms with Crippen molar-refractivity contribution in [3.8, 4) is 0 Å². The van der Waals surface area contributed by atoms with Crippen LogP contribution in [0.5, 0.6) is 0 Å². The van der Waals surface area contributed by atoms with Crippen LogP contribution in [0.3, 0.4) is 0 Å². The highest BCUT2D eigenvalue weighted by Crippen LogP contribution is 2.02. The summed E-state index contributed by atoms with van der Waals surface area (Å²) in [6.45, 7) is 6.15. The molecule has 0 atom stereocenters. The molecule has 0 amide bonds. The van der Waals surface area contributed by atoms with Gasteiger partial charge in [0, 0.05) is 5.70 Å². The molecule has 3 N–H and O–H groups in total. The van der Waals surface area contributed by atoms with Gasteiger partial charge in [-0.15, -0.1) is 0 Å². The fourth-order valence-electron chi connectivity index (χ4n) is 0.583. The lowest BCUT2D eigenvalue weighted by Crippen LogP contribution is -2.23. The summed E-state index contributed by atoms with van der Waals surface area (Å²) < 4.78 is 0. The molecule has 0 bridgehead atoms. The third-order valence-corrected chi connectivity index (χ3v) is 1.10. The summed E-state index contributed by atoms with van der Waals surface area (Å²) in [4.78, 5) is 0. The molecule has 2 nitrogen and oxygen atoms in total. The zero-order valence-electron chi connectivity index (χ0n) is 5.73. The van der Waals surface area contributed by atoms with Crippen molar-refractivity contribution in [1.29, 1.82) is 0 Å². The van der Waals surface area contributed by atoms with Crippen molar-refractivity contribution in [1.82, 2.24) is 5.43 Å². The standard InChI is InChI=1S/C6H14N2/c1-4-6(8-7)5(2)3/h4-5,8H,7H2,1-3H3/b6-4-. The van der Waals surface area contributed by atoms with E-state index in [4.69, 9.17) is 5.84 Å². The Morgan fingerprint density at radius 1 is 1.62 bits per heavy atom. The number of nitrogens with one attached hydrogen (secondary N) is 1. The SMILES string of the molecule is C/C=C(\NN)C(C)C. The highest BCUT2D eigenvalue weighted by Gasteiger charge is 1.95. The van der Waals surface area contributed by atoms with Crippen molar-refractivity contribution in [3.05, 3.63) is 11.8 Å². The Morgan fingerprint density at radius 2 is 2.12 bits per heavy atom. The van der Waals surface area contributed by atoms with E-state index in [1.807, 2.05) is 13.0 Å². The van der Waals surface area contributed by atoms with Crippen molar-refractivity contribution in [2.75, 3.05) is 0 Å². The minimum Gasteiger partial charge on any atom is -0.328 e. The predicted molar refractivity (Wildman–Crippen MR) is 35.9 cm³/mol. The molecule has 0 unspecified atom stereocenters. The molecule has 0 aromatic heterocycles. The molecule has 0 rings (SSSR count). The van der Waals surface area contributed by atoms with Gasteiger partial charge in [0.25, 0.3) is 0 Å². The summed E-state index contributed by atoms with van der Waals surface area (Å²) in [5.74, 6) is 5.67. The first kappa shape index (κ1) is 7.50. The summed E-state index contributed by atoms with van der Waals surface area (Å²) in [6, 6.07) is 0. The molecule has 0 aliphatic rings. The van der Waals surface area contributed by atoms with Crippen LogP contribution in [0.1, 0.15) is 20.8 Å². The first-order valence-electron chi connectivity index (χ1n) is 2.85. The average Bonchev–Trinajstić information content (AvgIpc) is 1.69. The summed E-state index contributed by atoms with van der Waals surface area (Å²) >= 11 is 0. The second-order valence-electron chi connectivity index (χ2n) is 2.04.